The second-order valence-electron chi connectivity index (χ2n) is 2.58. The van der Waals surface area contributed by atoms with Crippen LogP contribution in [0.2, 0.25) is 0 Å². The molecule has 1 aromatic heterocycles. The Hall–Kier alpha value is -0.990. The second kappa shape index (κ2) is 3.42. The molecule has 0 radical (unpaired) electrons. The zero-order valence-electron chi connectivity index (χ0n) is 7.39. The number of hydrogen-bond acceptors (Lipinski definition) is 2. The fraction of sp³-hybridized carbons (Fsp3) is 0.625. The third-order valence-electron chi connectivity index (χ3n) is 1.84. The monoisotopic (exact) mass is 153 g/mol. The van der Waals surface area contributed by atoms with Crippen molar-refractivity contribution in [1.82, 2.24) is 9.97 Å². The molecule has 1 heterocycles. The number of nitrogens with zero attached hydrogens (tertiary/aromatic N) is 2. The normalized spacial score (nSPS) is 10.1. The van der Waals surface area contributed by atoms with Gasteiger partial charge in [0.15, 0.2) is 0 Å². The second-order valence-corrected chi connectivity index (χ2v) is 2.58. The number of nitrogens with one attached hydrogen (secondary N) is 1. The fourth-order valence-electron chi connectivity index (χ4n) is 0.895. The highest BCUT2D eigenvalue weighted by atomic mass is 15.2. The van der Waals surface area contributed by atoms with Gasteiger partial charge in [0.25, 0.3) is 0 Å². The van der Waals surface area contributed by atoms with Crippen molar-refractivity contribution in [2.75, 3.05) is 18.5 Å². The Labute approximate surface area is 67.4 Å². The van der Waals surface area contributed by atoms with E-state index in [1.807, 2.05) is 13.2 Å². The summed E-state index contributed by atoms with van der Waals surface area (Å²) in [5.74, 6) is 2.16. The number of aromatic nitrogens is 2. The first-order valence-electron chi connectivity index (χ1n) is 4.03. The molecule has 0 atom stereocenters. The van der Waals surface area contributed by atoms with Crippen molar-refractivity contribution in [3.8, 4) is 0 Å². The van der Waals surface area contributed by atoms with Gasteiger partial charge >= 0.3 is 0 Å². The topological polar surface area (TPSA) is 31.9 Å². The Morgan fingerprint density at radius 2 is 2.27 bits per heavy atom. The van der Waals surface area contributed by atoms with Crippen LogP contribution in [0.25, 0.3) is 0 Å². The summed E-state index contributed by atoms with van der Waals surface area (Å²) < 4.78 is 0. The van der Waals surface area contributed by atoms with E-state index in [0.29, 0.717) is 0 Å². The first kappa shape index (κ1) is 8.11. The van der Waals surface area contributed by atoms with E-state index in [1.54, 1.807) is 0 Å². The lowest BCUT2D eigenvalue weighted by atomic mass is 10.5. The first-order valence-corrected chi connectivity index (χ1v) is 4.03. The van der Waals surface area contributed by atoms with Crippen LogP contribution in [-0.4, -0.2) is 23.6 Å². The number of imidazole rings is 1. The van der Waals surface area contributed by atoms with Crippen LogP contribution in [-0.2, 0) is 6.42 Å². The van der Waals surface area contributed by atoms with Crippen molar-refractivity contribution < 1.29 is 0 Å². The van der Waals surface area contributed by atoms with Gasteiger partial charge in [-0.3, -0.25) is 0 Å². The predicted molar refractivity (Wildman–Crippen MR) is 46.9 cm³/mol. The van der Waals surface area contributed by atoms with Gasteiger partial charge in [-0.05, 0) is 6.92 Å². The molecule has 0 bridgehead atoms. The van der Waals surface area contributed by atoms with E-state index < -0.39 is 0 Å². The van der Waals surface area contributed by atoms with Gasteiger partial charge in [-0.15, -0.1) is 0 Å². The number of anilines is 1. The summed E-state index contributed by atoms with van der Waals surface area (Å²) in [5.41, 5.74) is 0. The van der Waals surface area contributed by atoms with Crippen LogP contribution < -0.4 is 4.90 Å². The molecule has 3 heteroatoms. The highest BCUT2D eigenvalue weighted by Gasteiger charge is 2.00. The summed E-state index contributed by atoms with van der Waals surface area (Å²) in [5, 5.41) is 0. The Kier molecular flexibility index (Phi) is 2.52. The van der Waals surface area contributed by atoms with Gasteiger partial charge in [-0.1, -0.05) is 6.92 Å². The van der Waals surface area contributed by atoms with Crippen LogP contribution in [0.1, 0.15) is 19.7 Å². The molecule has 0 amide bonds. The smallest absolute Gasteiger partial charge is 0.125 e. The third-order valence-corrected chi connectivity index (χ3v) is 1.84. The summed E-state index contributed by atoms with van der Waals surface area (Å²) in [6, 6.07) is 0. The molecular weight excluding hydrogens is 138 g/mol. The number of aromatic amines is 1. The van der Waals surface area contributed by atoms with Gasteiger partial charge in [-0.25, -0.2) is 4.98 Å². The zero-order valence-corrected chi connectivity index (χ0v) is 7.39. The van der Waals surface area contributed by atoms with Crippen LogP contribution in [0.4, 0.5) is 5.82 Å². The molecule has 1 aromatic rings. The summed E-state index contributed by atoms with van der Waals surface area (Å²) >= 11 is 0. The molecule has 0 fully saturated rings. The van der Waals surface area contributed by atoms with Crippen LogP contribution in [0.5, 0.6) is 0 Å². The zero-order chi connectivity index (χ0) is 8.27. The fourth-order valence-corrected chi connectivity index (χ4v) is 0.895. The summed E-state index contributed by atoms with van der Waals surface area (Å²) in [6.07, 6.45) is 2.85. The molecule has 0 aliphatic heterocycles. The maximum atomic E-state index is 4.21. The summed E-state index contributed by atoms with van der Waals surface area (Å²) in [7, 11) is 2.05. The minimum Gasteiger partial charge on any atom is -0.360 e. The Morgan fingerprint density at radius 1 is 1.55 bits per heavy atom. The van der Waals surface area contributed by atoms with E-state index in [1.165, 1.54) is 0 Å². The van der Waals surface area contributed by atoms with E-state index in [4.69, 9.17) is 0 Å². The van der Waals surface area contributed by atoms with Crippen LogP contribution in [0.3, 0.4) is 0 Å². The van der Waals surface area contributed by atoms with E-state index in [9.17, 15) is 0 Å². The molecule has 62 valence electrons. The lowest BCUT2D eigenvalue weighted by Crippen LogP contribution is -2.15. The molecule has 0 saturated heterocycles. The number of aryl methyl sites for hydroxylation is 1. The van der Waals surface area contributed by atoms with Gasteiger partial charge < -0.3 is 9.88 Å². The largest absolute Gasteiger partial charge is 0.360 e. The quantitative estimate of drug-likeness (QED) is 0.712. The molecule has 0 aliphatic rings. The number of hydrogen-bond donors (Lipinski definition) is 1. The molecule has 1 N–H and O–H groups in total. The molecule has 0 aromatic carbocycles. The van der Waals surface area contributed by atoms with Gasteiger partial charge in [0.05, 0.1) is 6.20 Å². The Morgan fingerprint density at radius 3 is 2.73 bits per heavy atom. The summed E-state index contributed by atoms with van der Waals surface area (Å²) in [6.45, 7) is 5.21. The highest BCUT2D eigenvalue weighted by Crippen LogP contribution is 2.07. The van der Waals surface area contributed by atoms with Crippen molar-refractivity contribution in [2.24, 2.45) is 0 Å². The Balaban J connectivity index is 2.71. The molecule has 0 spiro atoms. The van der Waals surface area contributed by atoms with Gasteiger partial charge in [-0.2, -0.15) is 0 Å². The molecule has 0 aliphatic carbocycles. The van der Waals surface area contributed by atoms with Gasteiger partial charge in [0.1, 0.15) is 11.6 Å². The third kappa shape index (κ3) is 1.73. The maximum absolute atomic E-state index is 4.21. The van der Waals surface area contributed by atoms with Crippen LogP contribution in [0, 0.1) is 0 Å². The van der Waals surface area contributed by atoms with Crippen molar-refractivity contribution in [2.45, 2.75) is 20.3 Å². The molecule has 1 rings (SSSR count). The highest BCUT2D eigenvalue weighted by molar-refractivity contribution is 5.35. The van der Waals surface area contributed by atoms with Crippen molar-refractivity contribution in [3.63, 3.8) is 0 Å². The number of rotatable bonds is 3. The van der Waals surface area contributed by atoms with Crippen molar-refractivity contribution in [1.29, 1.82) is 0 Å². The first-order chi connectivity index (χ1) is 5.27. The predicted octanol–water partition coefficient (Wildman–Crippen LogP) is 1.43. The average Bonchev–Trinajstić information content (AvgIpc) is 2.50. The van der Waals surface area contributed by atoms with E-state index in [2.05, 4.69) is 28.7 Å². The summed E-state index contributed by atoms with van der Waals surface area (Å²) in [4.78, 5) is 9.57. The van der Waals surface area contributed by atoms with Crippen molar-refractivity contribution in [3.05, 3.63) is 12.0 Å². The van der Waals surface area contributed by atoms with E-state index in [0.717, 1.165) is 24.6 Å². The minimum absolute atomic E-state index is 0.970. The molecular formula is C8H15N3. The van der Waals surface area contributed by atoms with Gasteiger partial charge in [0, 0.05) is 20.0 Å². The lowest BCUT2D eigenvalue weighted by molar-refractivity contribution is 0.928. The SMILES string of the molecule is CCc1ncc(N(C)CC)[nH]1. The van der Waals surface area contributed by atoms with E-state index >= 15 is 0 Å². The standard InChI is InChI=1S/C8H15N3/c1-4-7-9-6-8(10-7)11(3)5-2/h6H,4-5H2,1-3H3,(H,9,10). The average molecular weight is 153 g/mol. The maximum Gasteiger partial charge on any atom is 0.125 e. The van der Waals surface area contributed by atoms with Gasteiger partial charge in [0.2, 0.25) is 0 Å². The number of H-pyrrole nitrogens is 1. The molecule has 3 nitrogen and oxygen atoms in total. The van der Waals surface area contributed by atoms with Crippen molar-refractivity contribution >= 4 is 5.82 Å². The minimum atomic E-state index is 0.970. The van der Waals surface area contributed by atoms with Crippen LogP contribution >= 0.6 is 0 Å². The molecule has 0 unspecified atom stereocenters. The van der Waals surface area contributed by atoms with E-state index in [-0.39, 0.29) is 0 Å². The lowest BCUT2D eigenvalue weighted by Gasteiger charge is -2.12. The molecule has 11 heavy (non-hydrogen) atoms. The molecule has 0 saturated carbocycles. The van der Waals surface area contributed by atoms with Crippen LogP contribution in [0.15, 0.2) is 6.20 Å². The Bertz CT molecular complexity index is 217.